The summed E-state index contributed by atoms with van der Waals surface area (Å²) in [6.45, 7) is 6.71. The summed E-state index contributed by atoms with van der Waals surface area (Å²) in [7, 11) is 0. The Morgan fingerprint density at radius 2 is 1.58 bits per heavy atom. The van der Waals surface area contributed by atoms with E-state index in [-0.39, 0.29) is 11.5 Å². The summed E-state index contributed by atoms with van der Waals surface area (Å²) in [5, 5.41) is 20.3. The quantitative estimate of drug-likeness (QED) is 0.694. The van der Waals surface area contributed by atoms with Crippen molar-refractivity contribution in [2.45, 2.75) is 59.3 Å². The van der Waals surface area contributed by atoms with Crippen LogP contribution >= 0.6 is 0 Å². The van der Waals surface area contributed by atoms with Crippen LogP contribution in [0.5, 0.6) is 17.2 Å². The van der Waals surface area contributed by atoms with Crippen LogP contribution in [0.3, 0.4) is 0 Å². The predicted molar refractivity (Wildman–Crippen MR) is 78.2 cm³/mol. The van der Waals surface area contributed by atoms with Gasteiger partial charge in [0.05, 0.1) is 6.61 Å². The van der Waals surface area contributed by atoms with Gasteiger partial charge in [-0.25, -0.2) is 0 Å². The first-order valence-corrected chi connectivity index (χ1v) is 7.35. The molecule has 0 saturated heterocycles. The average molecular weight is 266 g/mol. The lowest BCUT2D eigenvalue weighted by Crippen LogP contribution is -2.00. The summed E-state index contributed by atoms with van der Waals surface area (Å²) in [5.41, 5.74) is 1.52. The van der Waals surface area contributed by atoms with Crippen LogP contribution in [-0.2, 0) is 12.8 Å². The zero-order valence-electron chi connectivity index (χ0n) is 12.3. The second-order valence-corrected chi connectivity index (χ2v) is 4.85. The van der Waals surface area contributed by atoms with Crippen molar-refractivity contribution in [3.8, 4) is 17.2 Å². The van der Waals surface area contributed by atoms with E-state index in [1.165, 1.54) is 0 Å². The number of aryl methyl sites for hydroxylation is 1. The van der Waals surface area contributed by atoms with Crippen LogP contribution in [0.2, 0.25) is 0 Å². The van der Waals surface area contributed by atoms with Gasteiger partial charge >= 0.3 is 0 Å². The average Bonchev–Trinajstić information content (AvgIpc) is 2.41. The van der Waals surface area contributed by atoms with Crippen molar-refractivity contribution in [3.63, 3.8) is 0 Å². The molecule has 0 amide bonds. The highest BCUT2D eigenvalue weighted by Crippen LogP contribution is 2.40. The molecular formula is C16H26O3. The molecule has 0 unspecified atom stereocenters. The Hall–Kier alpha value is -1.38. The van der Waals surface area contributed by atoms with Crippen molar-refractivity contribution < 1.29 is 14.9 Å². The first-order chi connectivity index (χ1) is 9.15. The summed E-state index contributed by atoms with van der Waals surface area (Å²) in [6, 6.07) is 1.89. The highest BCUT2D eigenvalue weighted by atomic mass is 16.5. The minimum atomic E-state index is 0.00510. The van der Waals surface area contributed by atoms with Gasteiger partial charge in [0.2, 0.25) is 0 Å². The lowest BCUT2D eigenvalue weighted by molar-refractivity contribution is 0.327. The van der Waals surface area contributed by atoms with Crippen molar-refractivity contribution >= 4 is 0 Å². The number of benzene rings is 1. The van der Waals surface area contributed by atoms with Crippen LogP contribution in [-0.4, -0.2) is 16.8 Å². The van der Waals surface area contributed by atoms with Crippen molar-refractivity contribution in [1.29, 1.82) is 0 Å². The summed E-state index contributed by atoms with van der Waals surface area (Å²) in [6.07, 6.45) is 5.57. The number of phenolic OH excluding ortho intramolecular Hbond substituents is 2. The van der Waals surface area contributed by atoms with Gasteiger partial charge in [0, 0.05) is 11.1 Å². The zero-order chi connectivity index (χ0) is 14.3. The van der Waals surface area contributed by atoms with Gasteiger partial charge in [-0.1, -0.05) is 26.7 Å². The van der Waals surface area contributed by atoms with E-state index >= 15 is 0 Å². The van der Waals surface area contributed by atoms with Crippen molar-refractivity contribution in [3.05, 3.63) is 17.2 Å². The van der Waals surface area contributed by atoms with E-state index in [0.717, 1.165) is 55.4 Å². The molecular weight excluding hydrogens is 240 g/mol. The molecule has 0 aliphatic rings. The maximum Gasteiger partial charge on any atom is 0.164 e. The Balaban J connectivity index is 3.11. The maximum atomic E-state index is 10.2. The standard InChI is InChI=1S/C16H26O3/c1-4-7-9-12-11-14(19-6-3)13(10-8-5-2)16(18)15(12)17/h11,17-18H,4-10H2,1-3H3. The first kappa shape index (κ1) is 15.7. The van der Waals surface area contributed by atoms with Crippen molar-refractivity contribution in [1.82, 2.24) is 0 Å². The largest absolute Gasteiger partial charge is 0.504 e. The highest BCUT2D eigenvalue weighted by molar-refractivity contribution is 5.57. The Bertz CT molecular complexity index is 399. The van der Waals surface area contributed by atoms with Crippen LogP contribution in [0, 0.1) is 0 Å². The second-order valence-electron chi connectivity index (χ2n) is 4.85. The number of aromatic hydroxyl groups is 2. The molecule has 2 N–H and O–H groups in total. The summed E-state index contributed by atoms with van der Waals surface area (Å²) >= 11 is 0. The maximum absolute atomic E-state index is 10.2. The SMILES string of the molecule is CCCCc1cc(OCC)c(CCCC)c(O)c1O. The van der Waals surface area contributed by atoms with Crippen molar-refractivity contribution in [2.24, 2.45) is 0 Å². The summed E-state index contributed by atoms with van der Waals surface area (Å²) < 4.78 is 5.62. The van der Waals surface area contributed by atoms with Crippen LogP contribution < -0.4 is 4.74 Å². The molecule has 0 bridgehead atoms. The van der Waals surface area contributed by atoms with Crippen molar-refractivity contribution in [2.75, 3.05) is 6.61 Å². The number of phenols is 2. The molecule has 0 aliphatic carbocycles. The zero-order valence-corrected chi connectivity index (χ0v) is 12.3. The van der Waals surface area contributed by atoms with Crippen LogP contribution in [0.25, 0.3) is 0 Å². The fourth-order valence-electron chi connectivity index (χ4n) is 2.16. The molecule has 0 atom stereocenters. The minimum Gasteiger partial charge on any atom is -0.504 e. The molecule has 0 spiro atoms. The van der Waals surface area contributed by atoms with Gasteiger partial charge in [-0.05, 0) is 38.7 Å². The fraction of sp³-hybridized carbons (Fsp3) is 0.625. The molecule has 1 rings (SSSR count). The predicted octanol–water partition coefficient (Wildman–Crippen LogP) is 4.18. The lowest BCUT2D eigenvalue weighted by atomic mass is 9.99. The summed E-state index contributed by atoms with van der Waals surface area (Å²) in [4.78, 5) is 0. The van der Waals surface area contributed by atoms with E-state index in [1.54, 1.807) is 0 Å². The molecule has 1 aromatic carbocycles. The van der Waals surface area contributed by atoms with E-state index in [4.69, 9.17) is 4.74 Å². The molecule has 3 nitrogen and oxygen atoms in total. The molecule has 3 heteroatoms. The minimum absolute atomic E-state index is 0.00510. The topological polar surface area (TPSA) is 49.7 Å². The van der Waals surface area contributed by atoms with Gasteiger partial charge in [-0.2, -0.15) is 0 Å². The van der Waals surface area contributed by atoms with Gasteiger partial charge < -0.3 is 14.9 Å². The molecule has 0 heterocycles. The molecule has 108 valence electrons. The molecule has 19 heavy (non-hydrogen) atoms. The van der Waals surface area contributed by atoms with Gasteiger partial charge in [-0.15, -0.1) is 0 Å². The van der Waals surface area contributed by atoms with Crippen LogP contribution in [0.15, 0.2) is 6.07 Å². The lowest BCUT2D eigenvalue weighted by Gasteiger charge is -2.16. The van der Waals surface area contributed by atoms with Crippen LogP contribution in [0.4, 0.5) is 0 Å². The molecule has 0 saturated carbocycles. The normalized spacial score (nSPS) is 10.7. The molecule has 0 fully saturated rings. The van der Waals surface area contributed by atoms with E-state index in [9.17, 15) is 10.2 Å². The van der Waals surface area contributed by atoms with E-state index < -0.39 is 0 Å². The van der Waals surface area contributed by atoms with Gasteiger partial charge in [0.25, 0.3) is 0 Å². The van der Waals surface area contributed by atoms with Gasteiger partial charge in [-0.3, -0.25) is 0 Å². The second kappa shape index (κ2) is 7.93. The molecule has 1 aromatic rings. The van der Waals surface area contributed by atoms with Gasteiger partial charge in [0.1, 0.15) is 5.75 Å². The van der Waals surface area contributed by atoms with Crippen LogP contribution in [0.1, 0.15) is 57.6 Å². The number of hydrogen-bond donors (Lipinski definition) is 2. The number of ether oxygens (including phenoxy) is 1. The third-order valence-corrected chi connectivity index (χ3v) is 3.30. The van der Waals surface area contributed by atoms with E-state index in [2.05, 4.69) is 13.8 Å². The first-order valence-electron chi connectivity index (χ1n) is 7.35. The Morgan fingerprint density at radius 1 is 0.947 bits per heavy atom. The molecule has 0 radical (unpaired) electrons. The molecule has 0 aromatic heterocycles. The number of hydrogen-bond acceptors (Lipinski definition) is 3. The Kier molecular flexibility index (Phi) is 6.54. The summed E-state index contributed by atoms with van der Waals surface area (Å²) in [5.74, 6) is 0.755. The number of unbranched alkanes of at least 4 members (excludes halogenated alkanes) is 2. The van der Waals surface area contributed by atoms with Gasteiger partial charge in [0.15, 0.2) is 11.5 Å². The number of rotatable bonds is 8. The third-order valence-electron chi connectivity index (χ3n) is 3.30. The van der Waals surface area contributed by atoms with E-state index in [1.807, 2.05) is 13.0 Å². The fourth-order valence-corrected chi connectivity index (χ4v) is 2.16. The molecule has 0 aliphatic heterocycles. The Morgan fingerprint density at radius 3 is 2.16 bits per heavy atom. The third kappa shape index (κ3) is 4.05. The highest BCUT2D eigenvalue weighted by Gasteiger charge is 2.17. The smallest absolute Gasteiger partial charge is 0.164 e. The monoisotopic (exact) mass is 266 g/mol. The Labute approximate surface area is 116 Å². The van der Waals surface area contributed by atoms with E-state index in [0.29, 0.717) is 6.61 Å².